The summed E-state index contributed by atoms with van der Waals surface area (Å²) in [5.74, 6) is 0.271. The first kappa shape index (κ1) is 92.5. The summed E-state index contributed by atoms with van der Waals surface area (Å²) in [7, 11) is 0. The van der Waals surface area contributed by atoms with Gasteiger partial charge in [-0.15, -0.1) is 0 Å². The molecular weight excluding hydrogens is 1170 g/mol. The van der Waals surface area contributed by atoms with Crippen molar-refractivity contribution in [2.45, 2.75) is 337 Å². The molecule has 562 valence electrons. The van der Waals surface area contributed by atoms with E-state index in [1.54, 1.807) is 0 Å². The van der Waals surface area contributed by atoms with Crippen molar-refractivity contribution in [2.24, 2.45) is 0 Å². The minimum atomic E-state index is 0.00520. The van der Waals surface area contributed by atoms with Crippen LogP contribution in [0, 0.1) is 0 Å². The van der Waals surface area contributed by atoms with E-state index >= 15 is 0 Å². The molecule has 0 aliphatic rings. The number of aliphatic hydroxyl groups excluding tert-OH is 2. The molecular formula is C80H165N7O7. The van der Waals surface area contributed by atoms with Gasteiger partial charge in [0.15, 0.2) is 0 Å². The number of likely N-dealkylation sites (N-methyl/N-ethyl adjacent to an activating group) is 2. The highest BCUT2D eigenvalue weighted by Crippen LogP contribution is 2.16. The molecule has 0 rings (SSSR count). The number of nitrogens with zero attached hydrogens (tertiary/aromatic N) is 6. The van der Waals surface area contributed by atoms with E-state index in [0.717, 1.165) is 98.0 Å². The third-order valence-electron chi connectivity index (χ3n) is 19.6. The zero-order valence-electron chi connectivity index (χ0n) is 64.0. The molecule has 0 aromatic rings. The lowest BCUT2D eigenvalue weighted by molar-refractivity contribution is -0.132. The second-order valence-electron chi connectivity index (χ2n) is 28.0. The van der Waals surface area contributed by atoms with Gasteiger partial charge in [-0.2, -0.15) is 0 Å². The Morgan fingerprint density at radius 3 is 0.777 bits per heavy atom. The van der Waals surface area contributed by atoms with Gasteiger partial charge in [0, 0.05) is 144 Å². The van der Waals surface area contributed by atoms with Gasteiger partial charge in [0.25, 0.3) is 0 Å². The fraction of sp³-hybridized carbons (Fsp3) is 0.975. The van der Waals surface area contributed by atoms with Crippen LogP contribution in [-0.4, -0.2) is 222 Å². The molecule has 0 saturated heterocycles. The molecule has 14 heteroatoms. The van der Waals surface area contributed by atoms with E-state index in [2.05, 4.69) is 66.5 Å². The van der Waals surface area contributed by atoms with E-state index in [-0.39, 0.29) is 25.0 Å². The maximum atomic E-state index is 13.9. The standard InChI is InChI=1S/C80H165N7O7/c1-7-13-17-21-25-29-33-37-41-45-49-55-81-56-59-84(68-76-92-73-50-46-42-38-34-30-26-22-18-14-8-2)62-64-86(11-5)79(90)53-57-82(66-71-88)60-61-83(67-72-89)58-54-80(91)87(12-6)65-63-85(69-77-93-74-51-47-43-39-35-31-27-23-19-15-9-3)70-78-94-75-52-48-44-40-36-32-28-24-20-16-10-4/h81,88-89H,7-78H2,1-6H3. The lowest BCUT2D eigenvalue weighted by atomic mass is 10.1. The number of hydrogen-bond acceptors (Lipinski definition) is 12. The lowest BCUT2D eigenvalue weighted by Crippen LogP contribution is -2.44. The van der Waals surface area contributed by atoms with Crippen LogP contribution in [0.5, 0.6) is 0 Å². The van der Waals surface area contributed by atoms with Crippen LogP contribution < -0.4 is 5.32 Å². The summed E-state index contributed by atoms with van der Waals surface area (Å²) in [6.45, 7) is 30.9. The molecule has 0 unspecified atom stereocenters. The summed E-state index contributed by atoms with van der Waals surface area (Å²) in [6.07, 6.45) is 59.6. The monoisotopic (exact) mass is 1340 g/mol. The number of nitrogens with one attached hydrogen (secondary N) is 1. The number of ether oxygens (including phenoxy) is 3. The van der Waals surface area contributed by atoms with Crippen molar-refractivity contribution < 1.29 is 34.0 Å². The summed E-state index contributed by atoms with van der Waals surface area (Å²) < 4.78 is 18.6. The van der Waals surface area contributed by atoms with Crippen molar-refractivity contribution >= 4 is 11.8 Å². The average molecular weight is 1340 g/mol. The van der Waals surface area contributed by atoms with Crippen molar-refractivity contribution in [3.05, 3.63) is 0 Å². The van der Waals surface area contributed by atoms with E-state index < -0.39 is 0 Å². The van der Waals surface area contributed by atoms with E-state index in [1.807, 2.05) is 9.80 Å². The van der Waals surface area contributed by atoms with Crippen LogP contribution in [-0.2, 0) is 23.8 Å². The fourth-order valence-electron chi connectivity index (χ4n) is 12.9. The van der Waals surface area contributed by atoms with Crippen LogP contribution in [0.1, 0.15) is 337 Å². The van der Waals surface area contributed by atoms with Gasteiger partial charge < -0.3 is 39.5 Å². The second kappa shape index (κ2) is 77.3. The lowest BCUT2D eigenvalue weighted by Gasteiger charge is -2.30. The first-order valence-electron chi connectivity index (χ1n) is 41.4. The fourth-order valence-corrected chi connectivity index (χ4v) is 12.9. The number of unbranched alkanes of at least 4 members (excludes halogenated alkanes) is 40. The Morgan fingerprint density at radius 1 is 0.255 bits per heavy atom. The molecule has 2 amide bonds. The van der Waals surface area contributed by atoms with Crippen molar-refractivity contribution in [3.8, 4) is 0 Å². The van der Waals surface area contributed by atoms with Gasteiger partial charge in [-0.05, 0) is 46.1 Å². The van der Waals surface area contributed by atoms with Crippen LogP contribution in [0.2, 0.25) is 0 Å². The first-order valence-corrected chi connectivity index (χ1v) is 41.4. The predicted octanol–water partition coefficient (Wildman–Crippen LogP) is 17.5. The van der Waals surface area contributed by atoms with E-state index in [9.17, 15) is 19.8 Å². The Balaban J connectivity index is 5.25. The molecule has 94 heavy (non-hydrogen) atoms. The summed E-state index contributed by atoms with van der Waals surface area (Å²) in [5, 5.41) is 24.0. The molecule has 0 aliphatic carbocycles. The van der Waals surface area contributed by atoms with E-state index in [4.69, 9.17) is 14.2 Å². The molecule has 0 radical (unpaired) electrons. The Bertz CT molecular complexity index is 1320. The predicted molar refractivity (Wildman–Crippen MR) is 405 cm³/mol. The zero-order valence-corrected chi connectivity index (χ0v) is 64.0. The van der Waals surface area contributed by atoms with Gasteiger partial charge >= 0.3 is 0 Å². The SMILES string of the molecule is CCCCCCCCCCCCCNCCN(CCOCCCCCCCCCCCCC)CCN(CC)C(=O)CCN(CCO)CCN(CCO)CCC(=O)N(CC)CCN(CCOCCCCCCCCCCCCC)CCOCCCCCCCCCCCCC. The van der Waals surface area contributed by atoms with Crippen molar-refractivity contribution in [3.63, 3.8) is 0 Å². The summed E-state index contributed by atoms with van der Waals surface area (Å²) in [5.41, 5.74) is 0. The number of amides is 2. The Labute approximate surface area is 585 Å². The van der Waals surface area contributed by atoms with Gasteiger partial charge in [0.2, 0.25) is 11.8 Å². The molecule has 14 nitrogen and oxygen atoms in total. The van der Waals surface area contributed by atoms with E-state index in [1.165, 1.54) is 263 Å². The number of rotatable bonds is 81. The largest absolute Gasteiger partial charge is 0.395 e. The quantitative estimate of drug-likeness (QED) is 0.0501. The van der Waals surface area contributed by atoms with Crippen molar-refractivity contribution in [2.75, 3.05) is 171 Å². The number of hydrogen-bond donors (Lipinski definition) is 3. The maximum absolute atomic E-state index is 13.9. The van der Waals surface area contributed by atoms with Gasteiger partial charge in [-0.1, -0.05) is 285 Å². The number of carbonyl (C=O) groups excluding carboxylic acids is 2. The summed E-state index contributed by atoms with van der Waals surface area (Å²) in [6, 6.07) is 0. The van der Waals surface area contributed by atoms with Gasteiger partial charge in [0.05, 0.1) is 33.0 Å². The van der Waals surface area contributed by atoms with Gasteiger partial charge in [0.1, 0.15) is 0 Å². The first-order chi connectivity index (χ1) is 46.3. The topological polar surface area (TPSA) is 134 Å². The highest BCUT2D eigenvalue weighted by Gasteiger charge is 2.19. The second-order valence-corrected chi connectivity index (χ2v) is 28.0. The molecule has 0 heterocycles. The molecule has 0 aromatic heterocycles. The Morgan fingerprint density at radius 2 is 0.500 bits per heavy atom. The molecule has 3 N–H and O–H groups in total. The molecule has 0 aliphatic heterocycles. The summed E-state index contributed by atoms with van der Waals surface area (Å²) >= 11 is 0. The van der Waals surface area contributed by atoms with Crippen LogP contribution in [0.15, 0.2) is 0 Å². The number of carbonyl (C=O) groups is 2. The normalized spacial score (nSPS) is 11.9. The highest BCUT2D eigenvalue weighted by atomic mass is 16.5. The van der Waals surface area contributed by atoms with Crippen molar-refractivity contribution in [1.82, 2.24) is 34.7 Å². The average Bonchev–Trinajstić information content (AvgIpc) is 3.05. The molecule has 0 atom stereocenters. The Kier molecular flexibility index (Phi) is 76.1. The molecule has 0 aromatic carbocycles. The van der Waals surface area contributed by atoms with Gasteiger partial charge in [-0.3, -0.25) is 29.2 Å². The minimum absolute atomic E-state index is 0.00520. The minimum Gasteiger partial charge on any atom is -0.395 e. The third kappa shape index (κ3) is 65.2. The summed E-state index contributed by atoms with van der Waals surface area (Å²) in [4.78, 5) is 41.0. The molecule has 0 saturated carbocycles. The number of aliphatic hydroxyl groups is 2. The molecule has 0 bridgehead atoms. The smallest absolute Gasteiger partial charge is 0.223 e. The Hall–Kier alpha value is -1.46. The third-order valence-corrected chi connectivity index (χ3v) is 19.6. The van der Waals surface area contributed by atoms with Crippen LogP contribution in [0.25, 0.3) is 0 Å². The van der Waals surface area contributed by atoms with Crippen molar-refractivity contribution in [1.29, 1.82) is 0 Å². The maximum Gasteiger partial charge on any atom is 0.223 e. The highest BCUT2D eigenvalue weighted by molar-refractivity contribution is 5.76. The van der Waals surface area contributed by atoms with Gasteiger partial charge in [-0.25, -0.2) is 0 Å². The zero-order chi connectivity index (χ0) is 68.4. The van der Waals surface area contributed by atoms with E-state index in [0.29, 0.717) is 91.5 Å². The van der Waals surface area contributed by atoms with Crippen LogP contribution >= 0.6 is 0 Å². The van der Waals surface area contributed by atoms with Crippen LogP contribution in [0.3, 0.4) is 0 Å². The molecule has 0 fully saturated rings. The molecule has 0 spiro atoms. The van der Waals surface area contributed by atoms with Crippen LogP contribution in [0.4, 0.5) is 0 Å².